The topological polar surface area (TPSA) is 38.3 Å². The minimum absolute atomic E-state index is 0.136. The molecule has 0 saturated carbocycles. The van der Waals surface area contributed by atoms with Crippen molar-refractivity contribution in [2.75, 3.05) is 5.32 Å². The Bertz CT molecular complexity index is 681. The predicted molar refractivity (Wildman–Crippen MR) is 99.8 cm³/mol. The van der Waals surface area contributed by atoms with Crippen LogP contribution in [-0.2, 0) is 11.2 Å². The Hall–Kier alpha value is -2.29. The number of carbonyl (C=O) groups excluding carboxylic acids is 1. The van der Waals surface area contributed by atoms with E-state index in [2.05, 4.69) is 43.4 Å². The lowest BCUT2D eigenvalue weighted by Gasteiger charge is -2.17. The molecule has 0 heterocycles. The van der Waals surface area contributed by atoms with Crippen molar-refractivity contribution in [2.24, 2.45) is 0 Å². The van der Waals surface area contributed by atoms with E-state index in [0.29, 0.717) is 0 Å². The molecule has 3 nitrogen and oxygen atoms in total. The van der Waals surface area contributed by atoms with E-state index in [0.717, 1.165) is 35.4 Å². The second-order valence-corrected chi connectivity index (χ2v) is 6.42. The first-order chi connectivity index (χ1) is 11.4. The number of rotatable bonds is 6. The van der Waals surface area contributed by atoms with Crippen LogP contribution in [0.2, 0.25) is 0 Å². The SMILES string of the molecule is CCCc1ccc(OC(C)C(=O)Nc2c(C)cc(C)cc2C)cc1. The number of hydrogen-bond acceptors (Lipinski definition) is 2. The highest BCUT2D eigenvalue weighted by molar-refractivity contribution is 5.95. The Morgan fingerprint density at radius 2 is 1.67 bits per heavy atom. The van der Waals surface area contributed by atoms with Gasteiger partial charge in [-0.05, 0) is 62.9 Å². The minimum atomic E-state index is -0.554. The zero-order valence-corrected chi connectivity index (χ0v) is 15.3. The summed E-state index contributed by atoms with van der Waals surface area (Å²) >= 11 is 0. The molecule has 1 atom stereocenters. The van der Waals surface area contributed by atoms with Crippen LogP contribution in [0.4, 0.5) is 5.69 Å². The highest BCUT2D eigenvalue weighted by Gasteiger charge is 2.17. The molecule has 0 aliphatic heterocycles. The van der Waals surface area contributed by atoms with Crippen LogP contribution in [0.3, 0.4) is 0 Å². The number of aryl methyl sites for hydroxylation is 4. The maximum Gasteiger partial charge on any atom is 0.265 e. The summed E-state index contributed by atoms with van der Waals surface area (Å²) in [4.78, 5) is 12.4. The zero-order valence-electron chi connectivity index (χ0n) is 15.3. The van der Waals surface area contributed by atoms with Gasteiger partial charge < -0.3 is 10.1 Å². The van der Waals surface area contributed by atoms with Gasteiger partial charge in [-0.1, -0.05) is 43.2 Å². The monoisotopic (exact) mass is 325 g/mol. The molecule has 1 amide bonds. The molecule has 2 aromatic rings. The number of benzene rings is 2. The molecular formula is C21H27NO2. The average Bonchev–Trinajstić information content (AvgIpc) is 2.52. The molecule has 128 valence electrons. The Kier molecular flexibility index (Phi) is 6.02. The lowest BCUT2D eigenvalue weighted by atomic mass is 10.0. The summed E-state index contributed by atoms with van der Waals surface area (Å²) in [6.45, 7) is 10.0. The van der Waals surface area contributed by atoms with Crippen molar-refractivity contribution >= 4 is 11.6 Å². The van der Waals surface area contributed by atoms with E-state index < -0.39 is 6.10 Å². The van der Waals surface area contributed by atoms with E-state index in [9.17, 15) is 4.79 Å². The van der Waals surface area contributed by atoms with E-state index in [1.165, 1.54) is 11.1 Å². The molecule has 0 aliphatic carbocycles. The standard InChI is InChI=1S/C21H27NO2/c1-6-7-18-8-10-19(11-9-18)24-17(5)21(23)22-20-15(3)12-14(2)13-16(20)4/h8-13,17H,6-7H2,1-5H3,(H,22,23). The fourth-order valence-electron chi connectivity index (χ4n) is 2.88. The van der Waals surface area contributed by atoms with Gasteiger partial charge in [0.1, 0.15) is 5.75 Å². The molecule has 0 saturated heterocycles. The van der Waals surface area contributed by atoms with Crippen molar-refractivity contribution < 1.29 is 9.53 Å². The highest BCUT2D eigenvalue weighted by Crippen LogP contribution is 2.22. The molecular weight excluding hydrogens is 298 g/mol. The maximum absolute atomic E-state index is 12.4. The van der Waals surface area contributed by atoms with Crippen LogP contribution in [0.25, 0.3) is 0 Å². The van der Waals surface area contributed by atoms with Crippen molar-refractivity contribution in [1.82, 2.24) is 0 Å². The number of nitrogens with one attached hydrogen (secondary N) is 1. The van der Waals surface area contributed by atoms with Crippen LogP contribution in [0.5, 0.6) is 5.75 Å². The summed E-state index contributed by atoms with van der Waals surface area (Å²) < 4.78 is 5.77. The van der Waals surface area contributed by atoms with Crippen molar-refractivity contribution in [3.8, 4) is 5.75 Å². The van der Waals surface area contributed by atoms with Gasteiger partial charge in [-0.15, -0.1) is 0 Å². The maximum atomic E-state index is 12.4. The number of anilines is 1. The molecule has 24 heavy (non-hydrogen) atoms. The van der Waals surface area contributed by atoms with E-state index in [4.69, 9.17) is 4.74 Å². The zero-order chi connectivity index (χ0) is 17.7. The number of carbonyl (C=O) groups is 1. The molecule has 0 radical (unpaired) electrons. The molecule has 3 heteroatoms. The van der Waals surface area contributed by atoms with Gasteiger partial charge in [0.2, 0.25) is 0 Å². The van der Waals surface area contributed by atoms with Gasteiger partial charge in [-0.2, -0.15) is 0 Å². The summed E-state index contributed by atoms with van der Waals surface area (Å²) in [5.41, 5.74) is 5.49. The molecule has 0 aliphatic rings. The average molecular weight is 325 g/mol. The van der Waals surface area contributed by atoms with Gasteiger partial charge in [-0.25, -0.2) is 0 Å². The summed E-state index contributed by atoms with van der Waals surface area (Å²) in [5.74, 6) is 0.581. The predicted octanol–water partition coefficient (Wildman–Crippen LogP) is 4.97. The molecule has 0 aromatic heterocycles. The van der Waals surface area contributed by atoms with Crippen LogP contribution in [-0.4, -0.2) is 12.0 Å². The Morgan fingerprint density at radius 1 is 1.08 bits per heavy atom. The molecule has 2 rings (SSSR count). The van der Waals surface area contributed by atoms with Crippen LogP contribution >= 0.6 is 0 Å². The first-order valence-corrected chi connectivity index (χ1v) is 8.55. The van der Waals surface area contributed by atoms with Gasteiger partial charge in [0.05, 0.1) is 0 Å². The van der Waals surface area contributed by atoms with Crippen molar-refractivity contribution in [2.45, 2.75) is 53.6 Å². The Labute approximate surface area is 145 Å². The van der Waals surface area contributed by atoms with Crippen LogP contribution in [0.15, 0.2) is 36.4 Å². The quantitative estimate of drug-likeness (QED) is 0.814. The normalized spacial score (nSPS) is 11.9. The lowest BCUT2D eigenvalue weighted by molar-refractivity contribution is -0.122. The van der Waals surface area contributed by atoms with E-state index >= 15 is 0 Å². The number of amides is 1. The van der Waals surface area contributed by atoms with E-state index in [1.54, 1.807) is 6.92 Å². The third-order valence-corrected chi connectivity index (χ3v) is 4.07. The smallest absolute Gasteiger partial charge is 0.265 e. The summed E-state index contributed by atoms with van der Waals surface area (Å²) in [7, 11) is 0. The largest absolute Gasteiger partial charge is 0.481 e. The second kappa shape index (κ2) is 8.00. The van der Waals surface area contributed by atoms with Crippen molar-refractivity contribution in [1.29, 1.82) is 0 Å². The third kappa shape index (κ3) is 4.60. The molecule has 2 aromatic carbocycles. The number of hydrogen-bond donors (Lipinski definition) is 1. The Balaban J connectivity index is 2.02. The van der Waals surface area contributed by atoms with Gasteiger partial charge in [-0.3, -0.25) is 4.79 Å². The fraction of sp³-hybridized carbons (Fsp3) is 0.381. The molecule has 0 spiro atoms. The Morgan fingerprint density at radius 3 is 2.21 bits per heavy atom. The molecule has 1 unspecified atom stereocenters. The van der Waals surface area contributed by atoms with Crippen LogP contribution < -0.4 is 10.1 Å². The number of ether oxygens (including phenoxy) is 1. The molecule has 0 fully saturated rings. The van der Waals surface area contributed by atoms with Gasteiger partial charge >= 0.3 is 0 Å². The summed E-state index contributed by atoms with van der Waals surface area (Å²) in [6.07, 6.45) is 1.62. The first kappa shape index (κ1) is 18.1. The van der Waals surface area contributed by atoms with Crippen molar-refractivity contribution in [3.05, 3.63) is 58.7 Å². The third-order valence-electron chi connectivity index (χ3n) is 4.07. The van der Waals surface area contributed by atoms with Crippen LogP contribution in [0, 0.1) is 20.8 Å². The van der Waals surface area contributed by atoms with Crippen molar-refractivity contribution in [3.63, 3.8) is 0 Å². The second-order valence-electron chi connectivity index (χ2n) is 6.42. The summed E-state index contributed by atoms with van der Waals surface area (Å²) in [6, 6.07) is 12.1. The summed E-state index contributed by atoms with van der Waals surface area (Å²) in [5, 5.41) is 2.99. The fourth-order valence-corrected chi connectivity index (χ4v) is 2.88. The first-order valence-electron chi connectivity index (χ1n) is 8.55. The van der Waals surface area contributed by atoms with Gasteiger partial charge in [0.25, 0.3) is 5.91 Å². The van der Waals surface area contributed by atoms with E-state index in [1.807, 2.05) is 26.0 Å². The van der Waals surface area contributed by atoms with Gasteiger partial charge in [0.15, 0.2) is 6.10 Å². The van der Waals surface area contributed by atoms with E-state index in [-0.39, 0.29) is 5.91 Å². The van der Waals surface area contributed by atoms with Gasteiger partial charge in [0, 0.05) is 5.69 Å². The minimum Gasteiger partial charge on any atom is -0.481 e. The molecule has 1 N–H and O–H groups in total. The van der Waals surface area contributed by atoms with Crippen LogP contribution in [0.1, 0.15) is 42.5 Å². The lowest BCUT2D eigenvalue weighted by Crippen LogP contribution is -2.30. The molecule has 0 bridgehead atoms. The highest BCUT2D eigenvalue weighted by atomic mass is 16.5.